The molecule has 1 aromatic carbocycles. The molecule has 0 aliphatic heterocycles. The molecule has 1 unspecified atom stereocenters. The first-order chi connectivity index (χ1) is 8.44. The van der Waals surface area contributed by atoms with E-state index in [2.05, 4.69) is 5.43 Å². The predicted molar refractivity (Wildman–Crippen MR) is 67.5 cm³/mol. The number of sulfonamides is 1. The van der Waals surface area contributed by atoms with E-state index >= 15 is 0 Å². The van der Waals surface area contributed by atoms with Gasteiger partial charge in [0.25, 0.3) is 0 Å². The van der Waals surface area contributed by atoms with Gasteiger partial charge in [0.2, 0.25) is 10.0 Å². The van der Waals surface area contributed by atoms with Gasteiger partial charge in [-0.3, -0.25) is 4.79 Å². The number of hydrazine groups is 1. The number of carboxylic acids is 1. The lowest BCUT2D eigenvalue weighted by atomic mass is 10.1. The molecule has 0 aromatic heterocycles. The highest BCUT2D eigenvalue weighted by molar-refractivity contribution is 7.90. The van der Waals surface area contributed by atoms with Gasteiger partial charge in [-0.2, -0.15) is 0 Å². The van der Waals surface area contributed by atoms with E-state index in [1.54, 1.807) is 24.3 Å². The molecular formula is C10H13ClN2O4S. The van der Waals surface area contributed by atoms with Crippen LogP contribution in [0.2, 0.25) is 0 Å². The molecule has 0 radical (unpaired) electrons. The highest BCUT2D eigenvalue weighted by Gasteiger charge is 2.19. The van der Waals surface area contributed by atoms with E-state index in [0.29, 0.717) is 0 Å². The Morgan fingerprint density at radius 1 is 1.33 bits per heavy atom. The molecule has 0 fully saturated rings. The second kappa shape index (κ2) is 6.69. The molecule has 18 heavy (non-hydrogen) atoms. The minimum Gasteiger partial charge on any atom is -0.480 e. The van der Waals surface area contributed by atoms with Crippen molar-refractivity contribution in [2.24, 2.45) is 0 Å². The van der Waals surface area contributed by atoms with Crippen LogP contribution in [0.3, 0.4) is 0 Å². The Morgan fingerprint density at radius 3 is 2.44 bits per heavy atom. The van der Waals surface area contributed by atoms with E-state index < -0.39 is 27.2 Å². The maximum Gasteiger partial charge on any atom is 0.322 e. The van der Waals surface area contributed by atoms with Crippen LogP contribution in [-0.2, 0) is 21.2 Å². The van der Waals surface area contributed by atoms with Gasteiger partial charge in [-0.1, -0.05) is 30.3 Å². The molecule has 0 aliphatic carbocycles. The summed E-state index contributed by atoms with van der Waals surface area (Å²) in [6.45, 7) is 0. The molecule has 3 N–H and O–H groups in total. The summed E-state index contributed by atoms with van der Waals surface area (Å²) in [4.78, 5) is 12.9. The van der Waals surface area contributed by atoms with E-state index in [1.807, 2.05) is 10.9 Å². The second-order valence-corrected chi connectivity index (χ2v) is 5.86. The van der Waals surface area contributed by atoms with Crippen LogP contribution in [-0.4, -0.2) is 30.7 Å². The molecule has 0 saturated heterocycles. The van der Waals surface area contributed by atoms with E-state index in [4.69, 9.17) is 16.7 Å². The van der Waals surface area contributed by atoms with Gasteiger partial charge in [0.05, 0.1) is 0 Å². The molecule has 0 heterocycles. The predicted octanol–water partition coefficient (Wildman–Crippen LogP) is 0.303. The maximum atomic E-state index is 11.1. The van der Waals surface area contributed by atoms with Crippen LogP contribution in [0.15, 0.2) is 30.3 Å². The fourth-order valence-electron chi connectivity index (χ4n) is 1.24. The summed E-state index contributed by atoms with van der Waals surface area (Å²) >= 11 is 5.18. The highest BCUT2D eigenvalue weighted by Crippen LogP contribution is 2.03. The first kappa shape index (κ1) is 14.9. The molecule has 0 aliphatic rings. The Kier molecular flexibility index (Phi) is 5.54. The second-order valence-electron chi connectivity index (χ2n) is 3.55. The number of halogens is 1. The molecule has 8 heteroatoms. The van der Waals surface area contributed by atoms with Crippen molar-refractivity contribution in [3.63, 3.8) is 0 Å². The summed E-state index contributed by atoms with van der Waals surface area (Å²) in [6.07, 6.45) is 0.154. The molecular weight excluding hydrogens is 280 g/mol. The van der Waals surface area contributed by atoms with Crippen LogP contribution in [0.4, 0.5) is 0 Å². The van der Waals surface area contributed by atoms with Crippen molar-refractivity contribution < 1.29 is 18.3 Å². The number of hydrogen-bond acceptors (Lipinski definition) is 4. The molecule has 0 spiro atoms. The lowest BCUT2D eigenvalue weighted by Gasteiger charge is -2.14. The third kappa shape index (κ3) is 5.01. The number of nitrogens with one attached hydrogen (secondary N) is 2. The molecule has 6 nitrogen and oxygen atoms in total. The zero-order valence-electron chi connectivity index (χ0n) is 9.34. The summed E-state index contributed by atoms with van der Waals surface area (Å²) in [5, 5.41) is 8.33. The van der Waals surface area contributed by atoms with Crippen LogP contribution in [0.5, 0.6) is 0 Å². The van der Waals surface area contributed by atoms with Gasteiger partial charge in [0, 0.05) is 0 Å². The Labute approximate surface area is 110 Å². The van der Waals surface area contributed by atoms with Gasteiger partial charge in [-0.05, 0) is 12.0 Å². The lowest BCUT2D eigenvalue weighted by molar-refractivity contribution is -0.139. The number of carbonyl (C=O) groups is 1. The van der Waals surface area contributed by atoms with Crippen molar-refractivity contribution in [3.05, 3.63) is 35.9 Å². The number of aliphatic carboxylic acids is 1. The molecule has 0 amide bonds. The van der Waals surface area contributed by atoms with Crippen molar-refractivity contribution in [1.82, 2.24) is 10.3 Å². The molecule has 1 rings (SSSR count). The zero-order chi connectivity index (χ0) is 13.6. The average Bonchev–Trinajstić information content (AvgIpc) is 2.35. The monoisotopic (exact) mass is 292 g/mol. The highest BCUT2D eigenvalue weighted by atomic mass is 35.5. The summed E-state index contributed by atoms with van der Waals surface area (Å²) in [6, 6.07) is 7.81. The number of benzene rings is 1. The largest absolute Gasteiger partial charge is 0.480 e. The molecule has 0 saturated carbocycles. The average molecular weight is 293 g/mol. The van der Waals surface area contributed by atoms with Crippen molar-refractivity contribution >= 4 is 27.6 Å². The van der Waals surface area contributed by atoms with Crippen molar-refractivity contribution in [2.75, 3.05) is 5.21 Å². The Hall–Kier alpha value is -1.15. The third-order valence-electron chi connectivity index (χ3n) is 2.11. The Morgan fingerprint density at radius 2 is 1.94 bits per heavy atom. The van der Waals surface area contributed by atoms with Crippen molar-refractivity contribution in [2.45, 2.75) is 12.5 Å². The molecule has 1 atom stereocenters. The Balaban J connectivity index is 2.65. The number of hydrogen-bond donors (Lipinski definition) is 3. The fraction of sp³-hybridized carbons (Fsp3) is 0.300. The lowest BCUT2D eigenvalue weighted by Crippen LogP contribution is -2.49. The molecule has 100 valence electrons. The zero-order valence-corrected chi connectivity index (χ0v) is 10.9. The van der Waals surface area contributed by atoms with E-state index in [1.165, 1.54) is 0 Å². The first-order valence-electron chi connectivity index (χ1n) is 5.02. The SMILES string of the molecule is O=C(O)C(Cc1ccccc1)NNS(=O)(=O)CCl. The minimum absolute atomic E-state index is 0.154. The molecule has 1 aromatic rings. The van der Waals surface area contributed by atoms with E-state index in [-0.39, 0.29) is 6.42 Å². The van der Waals surface area contributed by atoms with Crippen LogP contribution in [0, 0.1) is 0 Å². The van der Waals surface area contributed by atoms with Crippen LogP contribution < -0.4 is 10.3 Å². The quantitative estimate of drug-likeness (QED) is 0.496. The maximum absolute atomic E-state index is 11.1. The van der Waals surface area contributed by atoms with Gasteiger partial charge in [0.1, 0.15) is 11.3 Å². The van der Waals surface area contributed by atoms with Gasteiger partial charge >= 0.3 is 5.97 Å². The van der Waals surface area contributed by atoms with Gasteiger partial charge < -0.3 is 5.11 Å². The summed E-state index contributed by atoms with van der Waals surface area (Å²) < 4.78 is 22.2. The van der Waals surface area contributed by atoms with Crippen LogP contribution in [0.25, 0.3) is 0 Å². The van der Waals surface area contributed by atoms with E-state index in [9.17, 15) is 13.2 Å². The number of alkyl halides is 1. The first-order valence-corrected chi connectivity index (χ1v) is 7.21. The summed E-state index contributed by atoms with van der Waals surface area (Å²) in [7, 11) is -3.70. The summed E-state index contributed by atoms with van der Waals surface area (Å²) in [5.74, 6) is -1.16. The van der Waals surface area contributed by atoms with Crippen LogP contribution in [0.1, 0.15) is 5.56 Å². The third-order valence-corrected chi connectivity index (χ3v) is 3.69. The number of rotatable bonds is 7. The van der Waals surface area contributed by atoms with Crippen LogP contribution >= 0.6 is 11.6 Å². The van der Waals surface area contributed by atoms with E-state index in [0.717, 1.165) is 5.56 Å². The minimum atomic E-state index is -3.70. The Bertz CT molecular complexity index is 492. The topological polar surface area (TPSA) is 95.5 Å². The summed E-state index contributed by atoms with van der Waals surface area (Å²) in [5.41, 5.74) is 3.02. The van der Waals surface area contributed by atoms with Crippen molar-refractivity contribution in [1.29, 1.82) is 0 Å². The number of carboxylic acid groups (broad SMARTS) is 1. The smallest absolute Gasteiger partial charge is 0.322 e. The normalized spacial score (nSPS) is 13.2. The van der Waals surface area contributed by atoms with Gasteiger partial charge in [-0.25, -0.2) is 13.8 Å². The van der Waals surface area contributed by atoms with Gasteiger partial charge in [0.15, 0.2) is 0 Å². The molecule has 0 bridgehead atoms. The van der Waals surface area contributed by atoms with Gasteiger partial charge in [-0.15, -0.1) is 16.4 Å². The standard InChI is InChI=1S/C10H13ClN2O4S/c11-7-18(16,17)13-12-9(10(14)15)6-8-4-2-1-3-5-8/h1-5,9,12-13H,6-7H2,(H,14,15). The fourth-order valence-corrected chi connectivity index (χ4v) is 1.78. The van der Waals surface area contributed by atoms with Crippen molar-refractivity contribution in [3.8, 4) is 0 Å².